The van der Waals surface area contributed by atoms with Crippen LogP contribution in [0.4, 0.5) is 0 Å². The van der Waals surface area contributed by atoms with E-state index in [2.05, 4.69) is 105 Å². The monoisotopic (exact) mass is 449 g/mol. The lowest BCUT2D eigenvalue weighted by Crippen LogP contribution is -2.45. The Labute approximate surface area is 196 Å². The molecular weight excluding hydrogens is 416 g/mol. The number of aryl methyl sites for hydroxylation is 3. The molecule has 0 unspecified atom stereocenters. The fourth-order valence-corrected chi connectivity index (χ4v) is 10.3. The Morgan fingerprint density at radius 1 is 0.758 bits per heavy atom. The Hall–Kier alpha value is -2.91. The first kappa shape index (κ1) is 20.7. The standard InChI is InChI=1S/C30H33N2Si/c1-7-33(8-2,9-3)21-13-14-25-24(18-21)23-15-16-31(6)30-27-20(5)17-19(4)22-11-10-12-26(28(22)27)32(25)29(23)30/h10-18H,7-9H2,1-6H3/q+1. The van der Waals surface area contributed by atoms with Gasteiger partial charge in [-0.05, 0) is 42.5 Å². The summed E-state index contributed by atoms with van der Waals surface area (Å²) >= 11 is 0. The van der Waals surface area contributed by atoms with Crippen LogP contribution >= 0.6 is 0 Å². The number of rotatable bonds is 4. The molecule has 33 heavy (non-hydrogen) atoms. The van der Waals surface area contributed by atoms with E-state index in [-0.39, 0.29) is 0 Å². The van der Waals surface area contributed by atoms with Crippen molar-refractivity contribution in [3.05, 3.63) is 65.9 Å². The second-order valence-electron chi connectivity index (χ2n) is 10.0. The van der Waals surface area contributed by atoms with Gasteiger partial charge in [-0.25, -0.2) is 0 Å². The molecule has 2 nitrogen and oxygen atoms in total. The summed E-state index contributed by atoms with van der Waals surface area (Å²) in [5.74, 6) is 0. The van der Waals surface area contributed by atoms with Crippen molar-refractivity contribution >= 4 is 62.3 Å². The van der Waals surface area contributed by atoms with Gasteiger partial charge in [-0.2, -0.15) is 4.57 Å². The molecule has 0 bridgehead atoms. The number of fused-ring (bicyclic) bond motifs is 5. The first-order chi connectivity index (χ1) is 16.0. The molecule has 0 fully saturated rings. The normalized spacial score (nSPS) is 12.9. The van der Waals surface area contributed by atoms with Crippen molar-refractivity contribution in [3.63, 3.8) is 0 Å². The lowest BCUT2D eigenvalue weighted by molar-refractivity contribution is -0.644. The highest BCUT2D eigenvalue weighted by molar-refractivity contribution is 6.91. The topological polar surface area (TPSA) is 8.29 Å². The number of pyridine rings is 2. The van der Waals surface area contributed by atoms with Crippen LogP contribution in [0.25, 0.3) is 49.0 Å². The van der Waals surface area contributed by atoms with Crippen LogP contribution in [0.5, 0.6) is 0 Å². The first-order valence-electron chi connectivity index (χ1n) is 12.5. The summed E-state index contributed by atoms with van der Waals surface area (Å²) in [6.45, 7) is 11.7. The van der Waals surface area contributed by atoms with Crippen LogP contribution in [0.1, 0.15) is 31.9 Å². The van der Waals surface area contributed by atoms with Crippen molar-refractivity contribution in [2.75, 3.05) is 0 Å². The van der Waals surface area contributed by atoms with E-state index < -0.39 is 8.07 Å². The molecule has 166 valence electrons. The molecule has 0 aliphatic carbocycles. The van der Waals surface area contributed by atoms with E-state index in [1.807, 2.05) is 0 Å². The van der Waals surface area contributed by atoms with E-state index >= 15 is 0 Å². The van der Waals surface area contributed by atoms with Crippen molar-refractivity contribution in [1.29, 1.82) is 0 Å². The maximum Gasteiger partial charge on any atom is 0.238 e. The predicted molar refractivity (Wildman–Crippen MR) is 146 cm³/mol. The van der Waals surface area contributed by atoms with E-state index in [4.69, 9.17) is 0 Å². The molecule has 6 aromatic rings. The van der Waals surface area contributed by atoms with Gasteiger partial charge in [-0.3, -0.25) is 0 Å². The summed E-state index contributed by atoms with van der Waals surface area (Å²) in [5.41, 5.74) is 8.08. The Balaban J connectivity index is 1.91. The van der Waals surface area contributed by atoms with Gasteiger partial charge in [0.15, 0.2) is 6.20 Å². The highest BCUT2D eigenvalue weighted by Crippen LogP contribution is 2.41. The lowest BCUT2D eigenvalue weighted by Gasteiger charge is -2.28. The van der Waals surface area contributed by atoms with Crippen LogP contribution in [0.3, 0.4) is 0 Å². The van der Waals surface area contributed by atoms with Gasteiger partial charge >= 0.3 is 0 Å². The van der Waals surface area contributed by atoms with Crippen molar-refractivity contribution in [3.8, 4) is 0 Å². The summed E-state index contributed by atoms with van der Waals surface area (Å²) in [5, 5.41) is 8.58. The van der Waals surface area contributed by atoms with Crippen molar-refractivity contribution < 1.29 is 4.57 Å². The third kappa shape index (κ3) is 2.52. The van der Waals surface area contributed by atoms with Gasteiger partial charge in [0.05, 0.1) is 24.5 Å². The van der Waals surface area contributed by atoms with Crippen LogP contribution in [0, 0.1) is 13.8 Å². The summed E-state index contributed by atoms with van der Waals surface area (Å²) in [6.07, 6.45) is 2.26. The molecule has 0 saturated carbocycles. The van der Waals surface area contributed by atoms with Gasteiger partial charge in [-0.15, -0.1) is 0 Å². The van der Waals surface area contributed by atoms with E-state index in [0.29, 0.717) is 0 Å². The third-order valence-corrected chi connectivity index (χ3v) is 14.3. The number of benzene rings is 3. The van der Waals surface area contributed by atoms with E-state index in [9.17, 15) is 0 Å². The molecule has 3 aromatic carbocycles. The van der Waals surface area contributed by atoms with Crippen LogP contribution in [0.15, 0.2) is 54.7 Å². The fraction of sp³-hybridized carbons (Fsp3) is 0.300. The number of aromatic nitrogens is 2. The molecule has 0 aliphatic rings. The minimum Gasteiger partial charge on any atom is -0.303 e. The van der Waals surface area contributed by atoms with Gasteiger partial charge in [0.1, 0.15) is 12.6 Å². The maximum atomic E-state index is 2.56. The highest BCUT2D eigenvalue weighted by atomic mass is 28.3. The number of hydrogen-bond acceptors (Lipinski definition) is 0. The van der Waals surface area contributed by atoms with E-state index in [1.165, 1.54) is 78.3 Å². The van der Waals surface area contributed by atoms with Gasteiger partial charge in [0.25, 0.3) is 0 Å². The van der Waals surface area contributed by atoms with Crippen LogP contribution in [-0.4, -0.2) is 12.5 Å². The van der Waals surface area contributed by atoms with Gasteiger partial charge in [0.2, 0.25) is 5.52 Å². The fourth-order valence-electron chi connectivity index (χ4n) is 6.68. The zero-order chi connectivity index (χ0) is 23.1. The zero-order valence-electron chi connectivity index (χ0n) is 20.7. The molecule has 3 heterocycles. The summed E-state index contributed by atoms with van der Waals surface area (Å²) in [4.78, 5) is 0. The Morgan fingerprint density at radius 3 is 2.24 bits per heavy atom. The van der Waals surface area contributed by atoms with Gasteiger partial charge in [-0.1, -0.05) is 74.4 Å². The number of hydrogen-bond donors (Lipinski definition) is 0. The Morgan fingerprint density at radius 2 is 1.52 bits per heavy atom. The molecule has 3 aromatic heterocycles. The van der Waals surface area contributed by atoms with Crippen molar-refractivity contribution in [2.45, 2.75) is 52.8 Å². The molecule has 0 spiro atoms. The largest absolute Gasteiger partial charge is 0.303 e. The average molecular weight is 450 g/mol. The zero-order valence-corrected chi connectivity index (χ0v) is 21.7. The molecule has 0 aliphatic heterocycles. The Kier molecular flexibility index (Phi) is 4.41. The maximum absolute atomic E-state index is 2.56. The number of nitrogens with zero attached hydrogens (tertiary/aromatic N) is 2. The van der Waals surface area contributed by atoms with Gasteiger partial charge < -0.3 is 4.40 Å². The van der Waals surface area contributed by atoms with Crippen molar-refractivity contribution in [1.82, 2.24) is 4.40 Å². The van der Waals surface area contributed by atoms with Crippen molar-refractivity contribution in [2.24, 2.45) is 7.05 Å². The minimum atomic E-state index is -1.45. The van der Waals surface area contributed by atoms with E-state index in [0.717, 1.165) is 0 Å². The van der Waals surface area contributed by atoms with Crippen LogP contribution in [0.2, 0.25) is 18.1 Å². The molecule has 3 heteroatoms. The summed E-state index contributed by atoms with van der Waals surface area (Å²) in [6, 6.07) is 22.9. The Bertz CT molecular complexity index is 1690. The SMILES string of the molecule is CC[Si](CC)(CC)c1ccc2c(c1)c1cc[n+](C)c3c4c(C)cc(C)c5cccc(c54)n2c13. The van der Waals surface area contributed by atoms with Gasteiger partial charge in [0, 0.05) is 22.2 Å². The molecule has 6 rings (SSSR count). The third-order valence-electron chi connectivity index (χ3n) is 8.71. The second kappa shape index (κ2) is 7.04. The summed E-state index contributed by atoms with van der Waals surface area (Å²) in [7, 11) is 0.748. The molecule has 0 amide bonds. The lowest BCUT2D eigenvalue weighted by atomic mass is 9.95. The van der Waals surface area contributed by atoms with Crippen LogP contribution in [-0.2, 0) is 7.05 Å². The molecule has 0 atom stereocenters. The molecule has 0 saturated heterocycles. The second-order valence-corrected chi connectivity index (χ2v) is 15.3. The molecule has 0 radical (unpaired) electrons. The quantitative estimate of drug-likeness (QED) is 0.117. The molecule has 0 N–H and O–H groups in total. The average Bonchev–Trinajstić information content (AvgIpc) is 3.16. The highest BCUT2D eigenvalue weighted by Gasteiger charge is 2.30. The summed E-state index contributed by atoms with van der Waals surface area (Å²) < 4.78 is 4.87. The minimum absolute atomic E-state index is 1.31. The smallest absolute Gasteiger partial charge is 0.238 e. The first-order valence-corrected chi connectivity index (χ1v) is 15.1. The molecular formula is C30H33N2Si+. The predicted octanol–water partition coefficient (Wildman–Crippen LogP) is 7.15. The van der Waals surface area contributed by atoms with Crippen LogP contribution < -0.4 is 9.75 Å². The van der Waals surface area contributed by atoms with E-state index in [1.54, 1.807) is 5.19 Å².